The molecule has 35 heavy (non-hydrogen) atoms. The maximum absolute atomic E-state index is 13.8. The number of methoxy groups -OCH3 is 2. The maximum atomic E-state index is 13.8. The fourth-order valence-electron chi connectivity index (χ4n) is 4.64. The Morgan fingerprint density at radius 3 is 2.23 bits per heavy atom. The lowest BCUT2D eigenvalue weighted by molar-refractivity contribution is -0.140. The Bertz CT molecular complexity index is 1140. The molecule has 1 aliphatic heterocycles. The van der Waals surface area contributed by atoms with Gasteiger partial charge in [0.05, 0.1) is 24.7 Å². The van der Waals surface area contributed by atoms with Crippen LogP contribution in [0.2, 0.25) is 0 Å². The Hall–Kier alpha value is -2.91. The molecule has 8 nitrogen and oxygen atoms in total. The minimum absolute atomic E-state index is 0.0752. The lowest BCUT2D eigenvalue weighted by atomic mass is 9.84. The summed E-state index contributed by atoms with van der Waals surface area (Å²) in [5, 5.41) is 0. The van der Waals surface area contributed by atoms with Gasteiger partial charge in [-0.3, -0.25) is 4.79 Å². The van der Waals surface area contributed by atoms with Crippen molar-refractivity contribution >= 4 is 21.9 Å². The Labute approximate surface area is 206 Å². The number of piperidine rings is 1. The first-order valence-electron chi connectivity index (χ1n) is 12.0. The maximum Gasteiger partial charge on any atom is 0.337 e. The molecule has 9 heteroatoms. The summed E-state index contributed by atoms with van der Waals surface area (Å²) in [4.78, 5) is 26.7. The number of likely N-dealkylation sites (tertiary alicyclic amines) is 1. The summed E-state index contributed by atoms with van der Waals surface area (Å²) in [6.45, 7) is 1.17. The highest BCUT2D eigenvalue weighted by atomic mass is 32.2. The lowest BCUT2D eigenvalue weighted by Crippen LogP contribution is -2.53. The Balaban J connectivity index is 1.62. The Morgan fingerprint density at radius 1 is 0.971 bits per heavy atom. The van der Waals surface area contributed by atoms with Crippen molar-refractivity contribution in [2.24, 2.45) is 5.92 Å². The highest BCUT2D eigenvalue weighted by molar-refractivity contribution is 7.89. The van der Waals surface area contributed by atoms with Gasteiger partial charge in [0.1, 0.15) is 5.75 Å². The van der Waals surface area contributed by atoms with Gasteiger partial charge in [0, 0.05) is 31.6 Å². The first-order valence-corrected chi connectivity index (χ1v) is 13.4. The number of carbonyl (C=O) groups excluding carboxylic acids is 2. The van der Waals surface area contributed by atoms with Crippen LogP contribution in [0.3, 0.4) is 0 Å². The van der Waals surface area contributed by atoms with Gasteiger partial charge in [-0.05, 0) is 67.6 Å². The molecule has 0 N–H and O–H groups in total. The molecule has 0 radical (unpaired) electrons. The summed E-state index contributed by atoms with van der Waals surface area (Å²) >= 11 is 0. The third-order valence-electron chi connectivity index (χ3n) is 6.95. The molecule has 0 spiro atoms. The zero-order valence-corrected chi connectivity index (χ0v) is 21.0. The van der Waals surface area contributed by atoms with Crippen LogP contribution in [0.25, 0.3) is 0 Å². The molecule has 188 valence electrons. The van der Waals surface area contributed by atoms with E-state index in [2.05, 4.69) is 0 Å². The van der Waals surface area contributed by atoms with Crippen LogP contribution in [0.4, 0.5) is 0 Å². The molecule has 0 bridgehead atoms. The minimum Gasteiger partial charge on any atom is -0.497 e. The summed E-state index contributed by atoms with van der Waals surface area (Å²) < 4.78 is 39.1. The molecule has 1 heterocycles. The SMILES string of the molecule is COC(=O)c1ccc(CN(C2CCCN(C(=O)C3CCC3)C2)S(=O)(=O)c2ccc(OC)cc2)cc1. The topological polar surface area (TPSA) is 93.2 Å². The number of nitrogens with zero attached hydrogens (tertiary/aromatic N) is 2. The number of esters is 1. The number of carbonyl (C=O) groups is 2. The fourth-order valence-corrected chi connectivity index (χ4v) is 6.28. The van der Waals surface area contributed by atoms with Crippen molar-refractivity contribution < 1.29 is 27.5 Å². The zero-order chi connectivity index (χ0) is 25.0. The summed E-state index contributed by atoms with van der Waals surface area (Å²) in [6.07, 6.45) is 4.33. The largest absolute Gasteiger partial charge is 0.497 e. The van der Waals surface area contributed by atoms with Crippen molar-refractivity contribution in [3.8, 4) is 5.75 Å². The van der Waals surface area contributed by atoms with E-state index in [-0.39, 0.29) is 29.3 Å². The normalized spacial score (nSPS) is 18.7. The summed E-state index contributed by atoms with van der Waals surface area (Å²) in [6, 6.07) is 12.7. The van der Waals surface area contributed by atoms with Gasteiger partial charge < -0.3 is 14.4 Å². The molecule has 0 aromatic heterocycles. The van der Waals surface area contributed by atoms with Gasteiger partial charge in [-0.25, -0.2) is 13.2 Å². The molecule has 2 aromatic carbocycles. The van der Waals surface area contributed by atoms with Crippen LogP contribution in [0.5, 0.6) is 5.75 Å². The van der Waals surface area contributed by atoms with Crippen LogP contribution in [-0.2, 0) is 26.1 Å². The predicted octanol–water partition coefficient (Wildman–Crippen LogP) is 3.46. The van der Waals surface area contributed by atoms with Crippen molar-refractivity contribution in [2.45, 2.75) is 49.6 Å². The second kappa shape index (κ2) is 10.8. The Morgan fingerprint density at radius 2 is 1.66 bits per heavy atom. The van der Waals surface area contributed by atoms with Crippen LogP contribution in [0.15, 0.2) is 53.4 Å². The van der Waals surface area contributed by atoms with E-state index < -0.39 is 16.0 Å². The molecule has 1 aliphatic carbocycles. The van der Waals surface area contributed by atoms with Crippen LogP contribution < -0.4 is 4.74 Å². The van der Waals surface area contributed by atoms with E-state index in [1.54, 1.807) is 48.5 Å². The second-order valence-electron chi connectivity index (χ2n) is 9.12. The predicted molar refractivity (Wildman–Crippen MR) is 130 cm³/mol. The number of amides is 1. The highest BCUT2D eigenvalue weighted by Crippen LogP contribution is 2.31. The Kier molecular flexibility index (Phi) is 7.76. The molecular formula is C26H32N2O6S. The zero-order valence-electron chi connectivity index (χ0n) is 20.2. The quantitative estimate of drug-likeness (QED) is 0.516. The van der Waals surface area contributed by atoms with Crippen molar-refractivity contribution in [2.75, 3.05) is 27.3 Å². The van der Waals surface area contributed by atoms with Gasteiger partial charge in [0.25, 0.3) is 0 Å². The molecule has 1 unspecified atom stereocenters. The van der Waals surface area contributed by atoms with Crippen molar-refractivity contribution in [1.82, 2.24) is 9.21 Å². The van der Waals surface area contributed by atoms with E-state index in [1.807, 2.05) is 4.90 Å². The first-order chi connectivity index (χ1) is 16.8. The van der Waals surface area contributed by atoms with E-state index in [1.165, 1.54) is 18.5 Å². The summed E-state index contributed by atoms with van der Waals surface area (Å²) in [5.74, 6) is 0.344. The molecule has 1 saturated heterocycles. The van der Waals surface area contributed by atoms with Gasteiger partial charge >= 0.3 is 5.97 Å². The van der Waals surface area contributed by atoms with Gasteiger partial charge in [0.15, 0.2) is 0 Å². The van der Waals surface area contributed by atoms with Crippen LogP contribution in [-0.4, -0.2) is 62.9 Å². The van der Waals surface area contributed by atoms with Crippen LogP contribution in [0.1, 0.15) is 48.0 Å². The van der Waals surface area contributed by atoms with Gasteiger partial charge in [-0.1, -0.05) is 18.6 Å². The van der Waals surface area contributed by atoms with Gasteiger partial charge in [0.2, 0.25) is 15.9 Å². The lowest BCUT2D eigenvalue weighted by Gasteiger charge is -2.41. The molecule has 1 atom stereocenters. The number of hydrogen-bond donors (Lipinski definition) is 0. The van der Waals surface area contributed by atoms with Crippen LogP contribution >= 0.6 is 0 Å². The molecule has 2 fully saturated rings. The number of ether oxygens (including phenoxy) is 2. The molecule has 1 saturated carbocycles. The average Bonchev–Trinajstić information content (AvgIpc) is 2.86. The number of hydrogen-bond acceptors (Lipinski definition) is 6. The fraction of sp³-hybridized carbons (Fsp3) is 0.462. The molecule has 2 aromatic rings. The van der Waals surface area contributed by atoms with E-state index in [0.29, 0.717) is 30.8 Å². The van der Waals surface area contributed by atoms with E-state index in [9.17, 15) is 18.0 Å². The minimum atomic E-state index is -3.87. The first kappa shape index (κ1) is 25.2. The highest BCUT2D eigenvalue weighted by Gasteiger charge is 2.38. The van der Waals surface area contributed by atoms with E-state index >= 15 is 0 Å². The number of benzene rings is 2. The smallest absolute Gasteiger partial charge is 0.337 e. The molecular weight excluding hydrogens is 468 g/mol. The second-order valence-corrected chi connectivity index (χ2v) is 11.0. The molecule has 2 aliphatic rings. The van der Waals surface area contributed by atoms with Crippen molar-refractivity contribution in [3.05, 3.63) is 59.7 Å². The van der Waals surface area contributed by atoms with Gasteiger partial charge in [-0.15, -0.1) is 0 Å². The van der Waals surface area contributed by atoms with Crippen molar-refractivity contribution in [1.29, 1.82) is 0 Å². The van der Waals surface area contributed by atoms with Crippen molar-refractivity contribution in [3.63, 3.8) is 0 Å². The van der Waals surface area contributed by atoms with E-state index in [0.717, 1.165) is 31.2 Å². The van der Waals surface area contributed by atoms with E-state index in [4.69, 9.17) is 9.47 Å². The van der Waals surface area contributed by atoms with Gasteiger partial charge in [-0.2, -0.15) is 4.31 Å². The third kappa shape index (κ3) is 5.51. The van der Waals surface area contributed by atoms with Crippen LogP contribution in [0, 0.1) is 5.92 Å². The third-order valence-corrected chi connectivity index (χ3v) is 8.86. The monoisotopic (exact) mass is 500 g/mol. The number of sulfonamides is 1. The summed E-state index contributed by atoms with van der Waals surface area (Å²) in [7, 11) is -1.02. The molecule has 4 rings (SSSR count). The number of rotatable bonds is 8. The standard InChI is InChI=1S/C26H32N2O6S/c1-33-23-12-14-24(15-13-23)35(31,32)28(17-19-8-10-21(11-9-19)26(30)34-2)22-7-4-16-27(18-22)25(29)20-5-3-6-20/h8-15,20,22H,3-7,16-18H2,1-2H3. The molecule has 1 amide bonds. The summed E-state index contributed by atoms with van der Waals surface area (Å²) in [5.41, 5.74) is 1.15. The average molecular weight is 501 g/mol.